The van der Waals surface area contributed by atoms with Gasteiger partial charge in [-0.05, 0) is 83.9 Å². The third-order valence-electron chi connectivity index (χ3n) is 10.7. The van der Waals surface area contributed by atoms with Crippen molar-refractivity contribution in [2.24, 2.45) is 11.5 Å². The second-order valence-corrected chi connectivity index (χ2v) is 20.2. The minimum absolute atomic E-state index is 0.0170. The number of nitrogens with two attached hydrogens (primary N) is 2. The summed E-state index contributed by atoms with van der Waals surface area (Å²) in [6, 6.07) is 17.7. The van der Waals surface area contributed by atoms with E-state index in [0.29, 0.717) is 21.2 Å². The maximum Gasteiger partial charge on any atom is 0.491 e. The lowest BCUT2D eigenvalue weighted by Crippen LogP contribution is -2.52. The Morgan fingerprint density at radius 2 is 0.892 bits per heavy atom. The standard InChI is InChI=1S/C48H55F3N10O20S2/c49-48(50,51)45(71)81-40(64)26-38(42(67)68)61(83(74,75)57-28-30-3-15-36(16-4-30)80-44(70)32-7-11-34(12-8-32)59-47(54)55)18-20-77-22-24-78-23-21-76-19-17-60(37(41(65)66)25-39(62)63)82(72,73)56-27-29-1-13-35(14-2-29)79-43(69)31-5-9-33(10-6-31)58-46(52)53/h1-16,37-38,56-57H,17-28H2,(H,62,63)(H,65,66)(H,67,68)(H4,52,53,58)(H4,54,55,59)/t37-,38-/m0/s1. The highest BCUT2D eigenvalue weighted by atomic mass is 32.2. The number of rotatable bonds is 34. The largest absolute Gasteiger partial charge is 0.491 e. The Morgan fingerprint density at radius 3 is 1.22 bits per heavy atom. The number of guanidine groups is 2. The van der Waals surface area contributed by atoms with Crippen LogP contribution in [-0.4, -0.2) is 165 Å². The number of hydrogen-bond acceptors (Lipinski definition) is 19. The number of nitrogens with zero attached hydrogens (tertiary/aromatic N) is 2. The Kier molecular flexibility index (Phi) is 25.4. The van der Waals surface area contributed by atoms with E-state index in [1.165, 1.54) is 97.1 Å². The zero-order chi connectivity index (χ0) is 61.5. The van der Waals surface area contributed by atoms with Crippen molar-refractivity contribution in [3.63, 3.8) is 0 Å². The zero-order valence-electron chi connectivity index (χ0n) is 43.2. The minimum atomic E-state index is -5.66. The lowest BCUT2D eigenvalue weighted by molar-refractivity contribution is -0.202. The molecule has 0 bridgehead atoms. The van der Waals surface area contributed by atoms with E-state index in [1.807, 2.05) is 0 Å². The molecule has 0 saturated heterocycles. The van der Waals surface area contributed by atoms with E-state index in [0.717, 1.165) is 0 Å². The molecule has 0 aliphatic rings. The maximum absolute atomic E-state index is 13.6. The summed E-state index contributed by atoms with van der Waals surface area (Å²) in [7, 11) is -9.74. The molecule has 0 unspecified atom stereocenters. The van der Waals surface area contributed by atoms with Crippen LogP contribution in [0.4, 0.5) is 24.5 Å². The average molecular weight is 1210 g/mol. The summed E-state index contributed by atoms with van der Waals surface area (Å²) >= 11 is 0. The van der Waals surface area contributed by atoms with Crippen LogP contribution in [0.2, 0.25) is 0 Å². The molecular formula is C48H55F3N10O20S2. The van der Waals surface area contributed by atoms with Gasteiger partial charge in [-0.3, -0.25) is 30.0 Å². The molecule has 0 aliphatic carbocycles. The summed E-state index contributed by atoms with van der Waals surface area (Å²) in [5.41, 5.74) is 12.2. The van der Waals surface area contributed by atoms with Crippen LogP contribution in [0.15, 0.2) is 97.1 Å². The summed E-state index contributed by atoms with van der Waals surface area (Å²) in [6.45, 7) is -4.69. The van der Waals surface area contributed by atoms with Gasteiger partial charge in [-0.1, -0.05) is 24.3 Å². The molecule has 0 fully saturated rings. The van der Waals surface area contributed by atoms with Gasteiger partial charge in [-0.2, -0.15) is 48.1 Å². The first-order chi connectivity index (χ1) is 39.0. The fraction of sp³-hybridized carbons (Fsp3) is 0.312. The number of halogens is 3. The van der Waals surface area contributed by atoms with E-state index in [-0.39, 0.29) is 70.8 Å². The number of benzene rings is 4. The normalized spacial score (nSPS) is 12.4. The topological polar surface area (TPSA) is 458 Å². The summed E-state index contributed by atoms with van der Waals surface area (Å²) in [5, 5.41) is 48.8. The number of nitrogens with one attached hydrogen (secondary N) is 6. The Hall–Kier alpha value is -8.68. The number of esters is 4. The predicted molar refractivity (Wildman–Crippen MR) is 281 cm³/mol. The quantitative estimate of drug-likeness (QED) is 0.00780. The van der Waals surface area contributed by atoms with Crippen LogP contribution >= 0.6 is 0 Å². The molecule has 4 aromatic rings. The Bertz CT molecular complexity index is 3160. The highest BCUT2D eigenvalue weighted by molar-refractivity contribution is 7.87. The van der Waals surface area contributed by atoms with Crippen molar-refractivity contribution in [3.8, 4) is 11.5 Å². The van der Waals surface area contributed by atoms with Gasteiger partial charge in [0.15, 0.2) is 11.9 Å². The molecule has 450 valence electrons. The molecular weight excluding hydrogens is 1160 g/mol. The zero-order valence-corrected chi connectivity index (χ0v) is 44.8. The van der Waals surface area contributed by atoms with Crippen LogP contribution in [0.5, 0.6) is 11.5 Å². The summed E-state index contributed by atoms with van der Waals surface area (Å²) in [4.78, 5) is 84.9. The van der Waals surface area contributed by atoms with Gasteiger partial charge in [0, 0.05) is 37.6 Å². The first-order valence-corrected chi connectivity index (χ1v) is 26.7. The van der Waals surface area contributed by atoms with Crippen LogP contribution in [-0.2, 0) is 76.4 Å². The third-order valence-corrected chi connectivity index (χ3v) is 13.8. The summed E-state index contributed by atoms with van der Waals surface area (Å²) in [5.74, 6) is -12.6. The van der Waals surface area contributed by atoms with Crippen molar-refractivity contribution in [1.82, 2.24) is 18.1 Å². The molecule has 13 N–H and O–H groups in total. The number of ether oxygens (including phenoxy) is 6. The van der Waals surface area contributed by atoms with Crippen LogP contribution in [0, 0.1) is 10.8 Å². The van der Waals surface area contributed by atoms with Gasteiger partial charge in [-0.15, -0.1) is 0 Å². The molecule has 0 heterocycles. The van der Waals surface area contributed by atoms with Crippen molar-refractivity contribution in [1.29, 1.82) is 10.8 Å². The Morgan fingerprint density at radius 1 is 0.542 bits per heavy atom. The van der Waals surface area contributed by atoms with Crippen LogP contribution in [0.3, 0.4) is 0 Å². The predicted octanol–water partition coefficient (Wildman–Crippen LogP) is 1.16. The Balaban J connectivity index is 1.29. The molecule has 0 aromatic heterocycles. The molecule has 2 atom stereocenters. The van der Waals surface area contributed by atoms with Gasteiger partial charge in [0.2, 0.25) is 0 Å². The van der Waals surface area contributed by atoms with Crippen molar-refractivity contribution in [3.05, 3.63) is 119 Å². The van der Waals surface area contributed by atoms with Crippen LogP contribution < -0.4 is 41.0 Å². The molecule has 83 heavy (non-hydrogen) atoms. The number of carboxylic acid groups (broad SMARTS) is 3. The number of alkyl halides is 3. The van der Waals surface area contributed by atoms with Gasteiger partial charge in [0.25, 0.3) is 20.4 Å². The molecule has 0 spiro atoms. The lowest BCUT2D eigenvalue weighted by atomic mass is 10.2. The van der Waals surface area contributed by atoms with E-state index in [4.69, 9.17) is 46.0 Å². The molecule has 4 rings (SSSR count). The second kappa shape index (κ2) is 31.5. The highest BCUT2D eigenvalue weighted by Gasteiger charge is 2.44. The van der Waals surface area contributed by atoms with Gasteiger partial charge >= 0.3 is 48.0 Å². The number of hydrogen-bond donors (Lipinski definition) is 11. The summed E-state index contributed by atoms with van der Waals surface area (Å²) < 4.78 is 128. The minimum Gasteiger partial charge on any atom is -0.481 e. The molecule has 35 heteroatoms. The highest BCUT2D eigenvalue weighted by Crippen LogP contribution is 2.21. The van der Waals surface area contributed by atoms with Gasteiger partial charge in [-0.25, -0.2) is 14.4 Å². The lowest BCUT2D eigenvalue weighted by Gasteiger charge is -2.27. The van der Waals surface area contributed by atoms with E-state index in [1.54, 1.807) is 0 Å². The van der Waals surface area contributed by atoms with E-state index >= 15 is 0 Å². The summed E-state index contributed by atoms with van der Waals surface area (Å²) in [6.07, 6.45) is -8.38. The number of carbonyl (C=O) groups excluding carboxylic acids is 4. The smallest absolute Gasteiger partial charge is 0.481 e. The Labute approximate surface area is 470 Å². The fourth-order valence-electron chi connectivity index (χ4n) is 6.78. The van der Waals surface area contributed by atoms with E-state index in [9.17, 15) is 78.9 Å². The number of carboxylic acids is 3. The van der Waals surface area contributed by atoms with Crippen molar-refractivity contribution < 1.29 is 107 Å². The SMILES string of the molecule is N=C(N)Nc1ccc(C(=O)Oc2ccc(CNS(=O)(=O)N(CCOCCOCCOCCN([C@@H](CC(=O)OC(=O)C(F)(F)F)C(=O)O)S(=O)(=O)NCc3ccc(OC(=O)c4ccc(NC(=N)N)cc4)cc3)[C@@H](CC(=O)O)C(=O)O)cc2)cc1. The van der Waals surface area contributed by atoms with Crippen LogP contribution in [0.1, 0.15) is 44.7 Å². The number of aliphatic carboxylic acids is 3. The second-order valence-electron chi connectivity index (χ2n) is 16.8. The maximum atomic E-state index is 13.6. The first-order valence-electron chi connectivity index (χ1n) is 23.8. The molecule has 0 aliphatic heterocycles. The van der Waals surface area contributed by atoms with Crippen molar-refractivity contribution >= 4 is 85.5 Å². The van der Waals surface area contributed by atoms with Crippen molar-refractivity contribution in [2.75, 3.05) is 63.4 Å². The van der Waals surface area contributed by atoms with Gasteiger partial charge in [0.05, 0.1) is 63.6 Å². The average Bonchev–Trinajstić information content (AvgIpc) is 3.62. The molecule has 0 saturated carbocycles. The molecule has 30 nitrogen and oxygen atoms in total. The molecule has 0 amide bonds. The van der Waals surface area contributed by atoms with Crippen LogP contribution in [0.25, 0.3) is 0 Å². The van der Waals surface area contributed by atoms with Crippen molar-refractivity contribution in [2.45, 2.75) is 44.2 Å². The number of anilines is 2. The molecule has 4 aromatic carbocycles. The number of carbonyl (C=O) groups is 7. The molecule has 0 radical (unpaired) electrons. The third kappa shape index (κ3) is 23.0. The monoisotopic (exact) mass is 1210 g/mol. The van der Waals surface area contributed by atoms with E-state index < -0.39 is 133 Å². The fourth-order valence-corrected chi connectivity index (χ4v) is 9.44. The van der Waals surface area contributed by atoms with E-state index in [2.05, 4.69) is 24.8 Å². The van der Waals surface area contributed by atoms with Gasteiger partial charge in [0.1, 0.15) is 23.6 Å². The first kappa shape index (κ1) is 66.8. The van der Waals surface area contributed by atoms with Gasteiger partial charge < -0.3 is 65.8 Å².